The molecule has 4 rings (SSSR count). The van der Waals surface area contributed by atoms with Crippen LogP contribution in [0.25, 0.3) is 0 Å². The number of nitrogens with one attached hydrogen (secondary N) is 6. The second-order valence-electron chi connectivity index (χ2n) is 14.5. The maximum absolute atomic E-state index is 13.9. The summed E-state index contributed by atoms with van der Waals surface area (Å²) >= 11 is 0. The van der Waals surface area contributed by atoms with Crippen LogP contribution in [0.1, 0.15) is 62.7 Å². The number of fused-ring (bicyclic) bond motifs is 2. The third-order valence-electron chi connectivity index (χ3n) is 9.74. The van der Waals surface area contributed by atoms with E-state index in [1.807, 2.05) is 11.0 Å². The summed E-state index contributed by atoms with van der Waals surface area (Å²) < 4.78 is 0. The van der Waals surface area contributed by atoms with Crippen LogP contribution in [0.15, 0.2) is 58.5 Å². The monoisotopic (exact) mass is 832 g/mol. The summed E-state index contributed by atoms with van der Waals surface area (Å²) in [6.07, 6.45) is 2.13. The van der Waals surface area contributed by atoms with Gasteiger partial charge in [0.05, 0.1) is 41.8 Å². The van der Waals surface area contributed by atoms with Crippen LogP contribution in [-0.2, 0) is 28.8 Å². The topological polar surface area (TPSA) is 327 Å². The lowest BCUT2D eigenvalue weighted by Gasteiger charge is -2.33. The molecule has 60 heavy (non-hydrogen) atoms. The lowest BCUT2D eigenvalue weighted by atomic mass is 10.0. The van der Waals surface area contributed by atoms with Crippen molar-refractivity contribution >= 4 is 70.3 Å². The standard InChI is InChI=1S/C39H56N14O7/c1-23(34(57)51-29(37(60)48-24(2)54)12-8-18-45-39(42)43)47-36(59)28(11-7-17-44-38(40)41)46-21-32(55)49-25-15-19-52(20-16-25)22-33(56)53-30-13-5-3-9-26(30)35(58)50-27-10-4-6-14-31(27)53/h3-6,9-10,13-14,23,25,28-29,46H,7-8,11-12,15-22H2,1-2H3,(H,47,59)(H,49,55)(H,50,58)(H,51,57)(H4,40,41,44)(H4,42,43,45)(H,48,54,60)/t23-,28+,29-/m0/s1. The van der Waals surface area contributed by atoms with Gasteiger partial charge < -0.3 is 44.2 Å². The summed E-state index contributed by atoms with van der Waals surface area (Å²) in [5.74, 6) is -3.71. The number of aliphatic imine (C=N–C) groups is 2. The Bertz CT molecular complexity index is 1940. The molecular formula is C39H56N14O7. The molecule has 3 atom stereocenters. The van der Waals surface area contributed by atoms with Crippen molar-refractivity contribution in [2.24, 2.45) is 32.9 Å². The van der Waals surface area contributed by atoms with Crippen molar-refractivity contribution in [3.05, 3.63) is 54.1 Å². The molecule has 0 radical (unpaired) electrons. The Morgan fingerprint density at radius 3 is 2.03 bits per heavy atom. The van der Waals surface area contributed by atoms with Gasteiger partial charge in [0.15, 0.2) is 11.9 Å². The quantitative estimate of drug-likeness (QED) is 0.0426. The van der Waals surface area contributed by atoms with E-state index < -0.39 is 41.8 Å². The Labute approximate surface area is 347 Å². The van der Waals surface area contributed by atoms with Crippen LogP contribution >= 0.6 is 0 Å². The number of carbonyl (C=O) groups excluding carboxylic acids is 7. The predicted molar refractivity (Wildman–Crippen MR) is 226 cm³/mol. The molecule has 2 heterocycles. The van der Waals surface area contributed by atoms with E-state index in [0.29, 0.717) is 61.4 Å². The zero-order valence-corrected chi connectivity index (χ0v) is 33.9. The minimum absolute atomic E-state index is 0.0951. The maximum Gasteiger partial charge on any atom is 0.257 e. The fraction of sp³-hybridized carbons (Fsp3) is 0.462. The SMILES string of the molecule is CC(=O)NC(=O)[C@H](CCCN=C(N)N)NC(=O)[C@H](C)NC(=O)[C@@H](CCCN=C(N)N)NCC(=O)NC1CCN(CC(=O)N2c3ccccc3NC(=O)c3ccccc32)CC1. The summed E-state index contributed by atoms with van der Waals surface area (Å²) in [7, 11) is 0. The van der Waals surface area contributed by atoms with Gasteiger partial charge in [0.25, 0.3) is 5.91 Å². The fourth-order valence-electron chi connectivity index (χ4n) is 6.75. The molecule has 7 amide bonds. The molecule has 14 N–H and O–H groups in total. The van der Waals surface area contributed by atoms with Crippen LogP contribution in [0.2, 0.25) is 0 Å². The summed E-state index contributed by atoms with van der Waals surface area (Å²) in [4.78, 5) is 102. The van der Waals surface area contributed by atoms with E-state index in [0.717, 1.165) is 6.92 Å². The van der Waals surface area contributed by atoms with E-state index in [9.17, 15) is 33.6 Å². The zero-order chi connectivity index (χ0) is 43.8. The third kappa shape index (κ3) is 14.0. The number of nitrogens with zero attached hydrogens (tertiary/aromatic N) is 4. The number of benzene rings is 2. The number of hydrogen-bond acceptors (Lipinski definition) is 11. The molecule has 2 aromatic carbocycles. The van der Waals surface area contributed by atoms with Crippen molar-refractivity contribution in [2.45, 2.75) is 76.5 Å². The highest BCUT2D eigenvalue weighted by atomic mass is 16.2. The smallest absolute Gasteiger partial charge is 0.257 e. The molecule has 1 saturated heterocycles. The van der Waals surface area contributed by atoms with Crippen LogP contribution in [0.3, 0.4) is 0 Å². The van der Waals surface area contributed by atoms with E-state index in [1.165, 1.54) is 6.92 Å². The number of piperidine rings is 1. The zero-order valence-electron chi connectivity index (χ0n) is 33.9. The lowest BCUT2D eigenvalue weighted by Crippen LogP contribution is -2.56. The van der Waals surface area contributed by atoms with E-state index in [2.05, 4.69) is 41.9 Å². The number of guanidine groups is 2. The molecule has 0 bridgehead atoms. The molecule has 2 aliphatic heterocycles. The Balaban J connectivity index is 1.30. The molecule has 0 aliphatic carbocycles. The van der Waals surface area contributed by atoms with Crippen molar-refractivity contribution in [3.63, 3.8) is 0 Å². The maximum atomic E-state index is 13.9. The molecule has 2 aliphatic rings. The highest BCUT2D eigenvalue weighted by Gasteiger charge is 2.32. The van der Waals surface area contributed by atoms with Gasteiger partial charge in [-0.1, -0.05) is 24.3 Å². The van der Waals surface area contributed by atoms with Crippen LogP contribution in [0, 0.1) is 0 Å². The minimum atomic E-state index is -1.11. The normalized spacial score (nSPS) is 15.3. The largest absolute Gasteiger partial charge is 0.370 e. The van der Waals surface area contributed by atoms with Gasteiger partial charge in [-0.05, 0) is 69.7 Å². The van der Waals surface area contributed by atoms with Crippen molar-refractivity contribution < 1.29 is 33.6 Å². The summed E-state index contributed by atoms with van der Waals surface area (Å²) in [6.45, 7) is 3.93. The number of rotatable bonds is 19. The van der Waals surface area contributed by atoms with Gasteiger partial charge in [0, 0.05) is 39.1 Å². The van der Waals surface area contributed by atoms with Crippen LogP contribution in [-0.4, -0.2) is 122 Å². The number of nitrogens with two attached hydrogens (primary N) is 4. The number of hydrogen-bond donors (Lipinski definition) is 10. The number of para-hydroxylation sites is 3. The fourth-order valence-corrected chi connectivity index (χ4v) is 6.75. The molecule has 0 spiro atoms. The average Bonchev–Trinajstić information content (AvgIpc) is 3.32. The molecule has 21 heteroatoms. The van der Waals surface area contributed by atoms with Crippen molar-refractivity contribution in [3.8, 4) is 0 Å². The minimum Gasteiger partial charge on any atom is -0.370 e. The highest BCUT2D eigenvalue weighted by Crippen LogP contribution is 2.37. The van der Waals surface area contributed by atoms with E-state index in [1.54, 1.807) is 47.4 Å². The molecule has 2 aromatic rings. The number of carbonyl (C=O) groups is 7. The first kappa shape index (κ1) is 46.1. The summed E-state index contributed by atoms with van der Waals surface area (Å²) in [5, 5.41) is 16.2. The van der Waals surface area contributed by atoms with Gasteiger partial charge in [-0.2, -0.15) is 0 Å². The molecule has 0 saturated carbocycles. The Hall–Kier alpha value is -6.61. The van der Waals surface area contributed by atoms with Crippen LogP contribution in [0.5, 0.6) is 0 Å². The molecular weight excluding hydrogens is 777 g/mol. The number of imide groups is 1. The van der Waals surface area contributed by atoms with Gasteiger partial charge in [-0.15, -0.1) is 0 Å². The predicted octanol–water partition coefficient (Wildman–Crippen LogP) is -1.78. The second-order valence-corrected chi connectivity index (χ2v) is 14.5. The van der Waals surface area contributed by atoms with E-state index in [4.69, 9.17) is 22.9 Å². The van der Waals surface area contributed by atoms with Gasteiger partial charge in [-0.25, -0.2) is 0 Å². The van der Waals surface area contributed by atoms with Gasteiger partial charge in [0.1, 0.15) is 12.1 Å². The van der Waals surface area contributed by atoms with Crippen LogP contribution < -0.4 is 59.7 Å². The molecule has 0 aromatic heterocycles. The van der Waals surface area contributed by atoms with Crippen LogP contribution in [0.4, 0.5) is 17.1 Å². The first-order chi connectivity index (χ1) is 28.6. The van der Waals surface area contributed by atoms with Crippen molar-refractivity contribution in [2.75, 3.05) is 49.5 Å². The lowest BCUT2D eigenvalue weighted by molar-refractivity contribution is -0.134. The van der Waals surface area contributed by atoms with Gasteiger partial charge >= 0.3 is 0 Å². The average molecular weight is 833 g/mol. The molecule has 0 unspecified atom stereocenters. The second kappa shape index (κ2) is 22.5. The summed E-state index contributed by atoms with van der Waals surface area (Å²) in [5.41, 5.74) is 23.6. The first-order valence-electron chi connectivity index (χ1n) is 19.7. The molecule has 1 fully saturated rings. The Morgan fingerprint density at radius 2 is 1.40 bits per heavy atom. The number of likely N-dealkylation sites (tertiary alicyclic amines) is 1. The first-order valence-corrected chi connectivity index (χ1v) is 19.7. The van der Waals surface area contributed by atoms with Gasteiger partial charge in [-0.3, -0.25) is 64.0 Å². The summed E-state index contributed by atoms with van der Waals surface area (Å²) in [6, 6.07) is 10.8. The van der Waals surface area contributed by atoms with Crippen molar-refractivity contribution in [1.82, 2.24) is 31.5 Å². The molecule has 21 nitrogen and oxygen atoms in total. The number of amides is 7. The molecule has 324 valence electrons. The van der Waals surface area contributed by atoms with E-state index >= 15 is 0 Å². The highest BCUT2D eigenvalue weighted by molar-refractivity contribution is 6.18. The van der Waals surface area contributed by atoms with E-state index in [-0.39, 0.29) is 74.7 Å². The third-order valence-corrected chi connectivity index (χ3v) is 9.74. The van der Waals surface area contributed by atoms with Gasteiger partial charge in [0.2, 0.25) is 35.4 Å². The Kier molecular flexibility index (Phi) is 17.3. The van der Waals surface area contributed by atoms with Crippen molar-refractivity contribution in [1.29, 1.82) is 0 Å². The number of anilines is 3. The Morgan fingerprint density at radius 1 is 0.800 bits per heavy atom.